The maximum Gasteiger partial charge on any atom is 0.125 e. The van der Waals surface area contributed by atoms with Gasteiger partial charge in [-0.2, -0.15) is 0 Å². The third-order valence-electron chi connectivity index (χ3n) is 3.81. The lowest BCUT2D eigenvalue weighted by atomic mass is 9.97. The maximum atomic E-state index is 6.35. The summed E-state index contributed by atoms with van der Waals surface area (Å²) in [6.45, 7) is 0.760. The van der Waals surface area contributed by atoms with Gasteiger partial charge in [-0.3, -0.25) is 0 Å². The molecule has 1 unspecified atom stereocenters. The van der Waals surface area contributed by atoms with Gasteiger partial charge in [-0.25, -0.2) is 0 Å². The summed E-state index contributed by atoms with van der Waals surface area (Å²) < 4.78 is 12.0. The minimum atomic E-state index is -0.0569. The molecule has 2 aromatic carbocycles. The van der Waals surface area contributed by atoms with E-state index in [-0.39, 0.29) is 6.04 Å². The average Bonchev–Trinajstić information content (AvgIpc) is 2.95. The number of nitrogens with two attached hydrogens (primary N) is 1. The molecular weight excluding hydrogens is 330 g/mol. The summed E-state index contributed by atoms with van der Waals surface area (Å²) >= 11 is 3.57. The van der Waals surface area contributed by atoms with Gasteiger partial charge in [0.05, 0.1) is 13.7 Å². The minimum Gasteiger partial charge on any atom is -0.497 e. The summed E-state index contributed by atoms with van der Waals surface area (Å²) in [4.78, 5) is 0. The van der Waals surface area contributed by atoms with Gasteiger partial charge in [-0.1, -0.05) is 28.1 Å². The molecule has 1 aliphatic rings. The summed E-state index contributed by atoms with van der Waals surface area (Å²) in [5.41, 5.74) is 9.88. The van der Waals surface area contributed by atoms with Gasteiger partial charge in [0.2, 0.25) is 0 Å². The van der Waals surface area contributed by atoms with Gasteiger partial charge >= 0.3 is 0 Å². The number of hydrogen-bond acceptors (Lipinski definition) is 3. The largest absolute Gasteiger partial charge is 0.497 e. The highest BCUT2D eigenvalue weighted by atomic mass is 79.9. The SMILES string of the molecule is COc1ccc(C(N)Cc2cc(Br)cc3c2OCC3)cc1. The van der Waals surface area contributed by atoms with Crippen LogP contribution in [0, 0.1) is 0 Å². The monoisotopic (exact) mass is 347 g/mol. The van der Waals surface area contributed by atoms with Crippen LogP contribution in [0.25, 0.3) is 0 Å². The molecule has 0 saturated carbocycles. The topological polar surface area (TPSA) is 44.5 Å². The van der Waals surface area contributed by atoms with E-state index in [4.69, 9.17) is 15.2 Å². The van der Waals surface area contributed by atoms with Crippen molar-refractivity contribution in [3.63, 3.8) is 0 Å². The van der Waals surface area contributed by atoms with Crippen LogP contribution < -0.4 is 15.2 Å². The molecular formula is C17H18BrNO2. The van der Waals surface area contributed by atoms with Crippen LogP contribution in [0.5, 0.6) is 11.5 Å². The molecule has 0 radical (unpaired) electrons. The van der Waals surface area contributed by atoms with Crippen LogP contribution in [0.2, 0.25) is 0 Å². The smallest absolute Gasteiger partial charge is 0.125 e. The standard InChI is InChI=1S/C17H18BrNO2/c1-20-15-4-2-11(3-5-15)16(19)10-13-9-14(18)8-12-6-7-21-17(12)13/h2-5,8-9,16H,6-7,10,19H2,1H3. The Balaban J connectivity index is 1.82. The second kappa shape index (κ2) is 6.08. The van der Waals surface area contributed by atoms with Gasteiger partial charge in [-0.05, 0) is 47.4 Å². The van der Waals surface area contributed by atoms with Crippen LogP contribution in [0.15, 0.2) is 40.9 Å². The van der Waals surface area contributed by atoms with Crippen molar-refractivity contribution < 1.29 is 9.47 Å². The fourth-order valence-electron chi connectivity index (χ4n) is 2.70. The maximum absolute atomic E-state index is 6.35. The van der Waals surface area contributed by atoms with Crippen LogP contribution in [-0.4, -0.2) is 13.7 Å². The molecule has 1 atom stereocenters. The number of benzene rings is 2. The Kier molecular flexibility index (Phi) is 4.17. The van der Waals surface area contributed by atoms with E-state index in [9.17, 15) is 0 Å². The molecule has 0 saturated heterocycles. The second-order valence-corrected chi connectivity index (χ2v) is 6.15. The van der Waals surface area contributed by atoms with E-state index in [1.165, 1.54) is 11.1 Å². The van der Waals surface area contributed by atoms with Crippen LogP contribution in [0.1, 0.15) is 22.7 Å². The van der Waals surface area contributed by atoms with E-state index < -0.39 is 0 Å². The molecule has 21 heavy (non-hydrogen) atoms. The molecule has 0 amide bonds. The summed E-state index contributed by atoms with van der Waals surface area (Å²) in [5.74, 6) is 1.86. The van der Waals surface area contributed by atoms with Crippen molar-refractivity contribution in [1.29, 1.82) is 0 Å². The molecule has 3 rings (SSSR count). The fraction of sp³-hybridized carbons (Fsp3) is 0.294. The Labute approximate surface area is 133 Å². The van der Waals surface area contributed by atoms with Crippen molar-refractivity contribution >= 4 is 15.9 Å². The van der Waals surface area contributed by atoms with E-state index >= 15 is 0 Å². The molecule has 1 heterocycles. The Hall–Kier alpha value is -1.52. The van der Waals surface area contributed by atoms with Gasteiger partial charge in [0, 0.05) is 16.9 Å². The zero-order chi connectivity index (χ0) is 14.8. The first kappa shape index (κ1) is 14.4. The van der Waals surface area contributed by atoms with Crippen molar-refractivity contribution in [3.05, 3.63) is 57.6 Å². The molecule has 2 aromatic rings. The first-order chi connectivity index (χ1) is 10.2. The highest BCUT2D eigenvalue weighted by Gasteiger charge is 2.19. The zero-order valence-corrected chi connectivity index (χ0v) is 13.5. The number of halogens is 1. The number of fused-ring (bicyclic) bond motifs is 1. The molecule has 0 aromatic heterocycles. The number of rotatable bonds is 4. The summed E-state index contributed by atoms with van der Waals surface area (Å²) in [6.07, 6.45) is 1.73. The molecule has 1 aliphatic heterocycles. The molecule has 0 spiro atoms. The highest BCUT2D eigenvalue weighted by Crippen LogP contribution is 2.35. The molecule has 0 aliphatic carbocycles. The summed E-state index contributed by atoms with van der Waals surface area (Å²) in [5, 5.41) is 0. The van der Waals surface area contributed by atoms with Crippen molar-refractivity contribution in [3.8, 4) is 11.5 Å². The Bertz CT molecular complexity index is 640. The van der Waals surface area contributed by atoms with Gasteiger partial charge in [0.1, 0.15) is 11.5 Å². The van der Waals surface area contributed by atoms with Crippen LogP contribution in [0.4, 0.5) is 0 Å². The first-order valence-corrected chi connectivity index (χ1v) is 7.80. The second-order valence-electron chi connectivity index (χ2n) is 5.24. The van der Waals surface area contributed by atoms with E-state index in [0.29, 0.717) is 0 Å². The van der Waals surface area contributed by atoms with Crippen LogP contribution >= 0.6 is 15.9 Å². The third-order valence-corrected chi connectivity index (χ3v) is 4.27. The number of ether oxygens (including phenoxy) is 2. The lowest BCUT2D eigenvalue weighted by Gasteiger charge is -2.15. The molecule has 0 fully saturated rings. The van der Waals surface area contributed by atoms with Crippen molar-refractivity contribution in [2.45, 2.75) is 18.9 Å². The lowest BCUT2D eigenvalue weighted by Crippen LogP contribution is -2.13. The molecule has 2 N–H and O–H groups in total. The molecule has 110 valence electrons. The van der Waals surface area contributed by atoms with Crippen molar-refractivity contribution in [2.75, 3.05) is 13.7 Å². The molecule has 0 bridgehead atoms. The number of hydrogen-bond donors (Lipinski definition) is 1. The molecule has 4 heteroatoms. The zero-order valence-electron chi connectivity index (χ0n) is 11.9. The predicted octanol–water partition coefficient (Wildman–Crippen LogP) is 3.64. The van der Waals surface area contributed by atoms with Gasteiger partial charge in [0.25, 0.3) is 0 Å². The van der Waals surface area contributed by atoms with Crippen molar-refractivity contribution in [1.82, 2.24) is 0 Å². The lowest BCUT2D eigenvalue weighted by molar-refractivity contribution is 0.352. The Morgan fingerprint density at radius 3 is 2.76 bits per heavy atom. The predicted molar refractivity (Wildman–Crippen MR) is 87.0 cm³/mol. The van der Waals surface area contributed by atoms with E-state index in [1.807, 2.05) is 24.3 Å². The normalized spacial score (nSPS) is 14.4. The van der Waals surface area contributed by atoms with E-state index in [0.717, 1.165) is 41.0 Å². The van der Waals surface area contributed by atoms with Crippen LogP contribution in [-0.2, 0) is 12.8 Å². The van der Waals surface area contributed by atoms with Crippen molar-refractivity contribution in [2.24, 2.45) is 5.73 Å². The van der Waals surface area contributed by atoms with E-state index in [1.54, 1.807) is 7.11 Å². The summed E-state index contributed by atoms with van der Waals surface area (Å²) in [6, 6.07) is 12.1. The van der Waals surface area contributed by atoms with E-state index in [2.05, 4.69) is 28.1 Å². The first-order valence-electron chi connectivity index (χ1n) is 7.01. The molecule has 3 nitrogen and oxygen atoms in total. The summed E-state index contributed by atoms with van der Waals surface area (Å²) in [7, 11) is 1.66. The van der Waals surface area contributed by atoms with Crippen LogP contribution in [0.3, 0.4) is 0 Å². The Morgan fingerprint density at radius 1 is 1.29 bits per heavy atom. The van der Waals surface area contributed by atoms with Gasteiger partial charge < -0.3 is 15.2 Å². The minimum absolute atomic E-state index is 0.0569. The third kappa shape index (κ3) is 3.06. The average molecular weight is 348 g/mol. The number of methoxy groups -OCH3 is 1. The Morgan fingerprint density at radius 2 is 2.05 bits per heavy atom. The fourth-order valence-corrected chi connectivity index (χ4v) is 3.26. The highest BCUT2D eigenvalue weighted by molar-refractivity contribution is 9.10. The van der Waals surface area contributed by atoms with Gasteiger partial charge in [0.15, 0.2) is 0 Å². The quantitative estimate of drug-likeness (QED) is 0.918. The van der Waals surface area contributed by atoms with Gasteiger partial charge in [-0.15, -0.1) is 0 Å².